The van der Waals surface area contributed by atoms with Crippen molar-refractivity contribution in [1.82, 2.24) is 0 Å². The van der Waals surface area contributed by atoms with Crippen molar-refractivity contribution < 1.29 is 14.3 Å². The number of allylic oxidation sites excluding steroid dienone is 2. The zero-order valence-electron chi connectivity index (χ0n) is 9.54. The topological polar surface area (TPSA) is 35.5 Å². The molecule has 1 heterocycles. The van der Waals surface area contributed by atoms with E-state index in [2.05, 4.69) is 6.58 Å². The van der Waals surface area contributed by atoms with Crippen LogP contribution >= 0.6 is 0 Å². The number of ether oxygens (including phenoxy) is 2. The number of rotatable bonds is 4. The summed E-state index contributed by atoms with van der Waals surface area (Å²) in [4.78, 5) is 11.7. The van der Waals surface area contributed by atoms with Crippen molar-refractivity contribution in [1.29, 1.82) is 0 Å². The standard InChI is InChI=1S/C13H18O3/c1-10(9-12-7-4-8-15-12)13(14)16-11-5-2-3-6-11/h5,12H,1-4,6-9H2. The van der Waals surface area contributed by atoms with Gasteiger partial charge in [-0.25, -0.2) is 4.79 Å². The fourth-order valence-corrected chi connectivity index (χ4v) is 2.09. The molecule has 0 saturated carbocycles. The Balaban J connectivity index is 1.77. The molecule has 0 spiro atoms. The van der Waals surface area contributed by atoms with Crippen LogP contribution in [0.25, 0.3) is 0 Å². The third kappa shape index (κ3) is 2.95. The van der Waals surface area contributed by atoms with Gasteiger partial charge in [0.25, 0.3) is 0 Å². The fourth-order valence-electron chi connectivity index (χ4n) is 2.09. The first-order chi connectivity index (χ1) is 7.75. The summed E-state index contributed by atoms with van der Waals surface area (Å²) in [6, 6.07) is 0. The molecular formula is C13H18O3. The highest BCUT2D eigenvalue weighted by atomic mass is 16.5. The predicted molar refractivity (Wildman–Crippen MR) is 60.8 cm³/mol. The van der Waals surface area contributed by atoms with Crippen molar-refractivity contribution in [3.63, 3.8) is 0 Å². The molecule has 2 aliphatic rings. The summed E-state index contributed by atoms with van der Waals surface area (Å²) in [5, 5.41) is 0. The van der Waals surface area contributed by atoms with Crippen LogP contribution in [0, 0.1) is 0 Å². The first-order valence-electron chi connectivity index (χ1n) is 5.96. The maximum Gasteiger partial charge on any atom is 0.338 e. The van der Waals surface area contributed by atoms with Crippen molar-refractivity contribution in [2.75, 3.05) is 6.61 Å². The number of esters is 1. The quantitative estimate of drug-likeness (QED) is 0.542. The van der Waals surface area contributed by atoms with Crippen molar-refractivity contribution in [3.8, 4) is 0 Å². The number of hydrogen-bond acceptors (Lipinski definition) is 3. The van der Waals surface area contributed by atoms with Crippen molar-refractivity contribution >= 4 is 5.97 Å². The summed E-state index contributed by atoms with van der Waals surface area (Å²) in [5.41, 5.74) is 0.527. The maximum absolute atomic E-state index is 11.7. The average Bonchev–Trinajstić information content (AvgIpc) is 2.90. The van der Waals surface area contributed by atoms with Gasteiger partial charge in [0.1, 0.15) is 5.76 Å². The Bertz CT molecular complexity index is 311. The lowest BCUT2D eigenvalue weighted by atomic mass is 10.1. The smallest absolute Gasteiger partial charge is 0.338 e. The van der Waals surface area contributed by atoms with E-state index in [1.54, 1.807) is 0 Å². The molecule has 0 N–H and O–H groups in total. The minimum Gasteiger partial charge on any atom is -0.428 e. The van der Waals surface area contributed by atoms with Gasteiger partial charge in [-0.05, 0) is 31.8 Å². The van der Waals surface area contributed by atoms with E-state index in [-0.39, 0.29) is 12.1 Å². The highest BCUT2D eigenvalue weighted by molar-refractivity contribution is 5.88. The second-order valence-electron chi connectivity index (χ2n) is 4.39. The Kier molecular flexibility index (Phi) is 3.78. The van der Waals surface area contributed by atoms with E-state index >= 15 is 0 Å². The minimum atomic E-state index is -0.288. The van der Waals surface area contributed by atoms with E-state index in [0.717, 1.165) is 44.5 Å². The molecule has 1 atom stereocenters. The molecule has 1 saturated heterocycles. The van der Waals surface area contributed by atoms with Crippen molar-refractivity contribution in [2.45, 2.75) is 44.6 Å². The largest absolute Gasteiger partial charge is 0.428 e. The summed E-state index contributed by atoms with van der Waals surface area (Å²) >= 11 is 0. The van der Waals surface area contributed by atoms with Gasteiger partial charge in [-0.1, -0.05) is 6.58 Å². The Morgan fingerprint density at radius 2 is 2.44 bits per heavy atom. The highest BCUT2D eigenvalue weighted by Gasteiger charge is 2.21. The number of carbonyl (C=O) groups excluding carboxylic acids is 1. The molecule has 0 aromatic heterocycles. The highest BCUT2D eigenvalue weighted by Crippen LogP contribution is 2.23. The minimum absolute atomic E-state index is 0.164. The molecule has 88 valence electrons. The van der Waals surface area contributed by atoms with Crippen LogP contribution in [0.1, 0.15) is 38.5 Å². The van der Waals surface area contributed by atoms with Crippen LogP contribution in [0.5, 0.6) is 0 Å². The van der Waals surface area contributed by atoms with Crippen LogP contribution < -0.4 is 0 Å². The van der Waals surface area contributed by atoms with Gasteiger partial charge in [0.15, 0.2) is 0 Å². The second kappa shape index (κ2) is 5.30. The van der Waals surface area contributed by atoms with E-state index in [0.29, 0.717) is 12.0 Å². The monoisotopic (exact) mass is 222 g/mol. The summed E-state index contributed by atoms with van der Waals surface area (Å²) in [5.74, 6) is 0.516. The molecule has 1 aliphatic heterocycles. The molecule has 1 aliphatic carbocycles. The van der Waals surface area contributed by atoms with E-state index in [1.165, 1.54) is 0 Å². The van der Waals surface area contributed by atoms with Gasteiger partial charge < -0.3 is 9.47 Å². The number of hydrogen-bond donors (Lipinski definition) is 0. The molecule has 0 amide bonds. The summed E-state index contributed by atoms with van der Waals surface area (Å²) in [6.45, 7) is 4.58. The summed E-state index contributed by atoms with van der Waals surface area (Å²) in [6.07, 6.45) is 7.83. The lowest BCUT2D eigenvalue weighted by Gasteiger charge is -2.11. The molecular weight excluding hydrogens is 204 g/mol. The van der Waals surface area contributed by atoms with Crippen molar-refractivity contribution in [2.24, 2.45) is 0 Å². The Labute approximate surface area is 96.1 Å². The SMILES string of the molecule is C=C(CC1CCCO1)C(=O)OC1=CCCC1. The van der Waals surface area contributed by atoms with Crippen LogP contribution in [0.3, 0.4) is 0 Å². The van der Waals surface area contributed by atoms with Gasteiger partial charge in [-0.15, -0.1) is 0 Å². The van der Waals surface area contributed by atoms with E-state index in [1.807, 2.05) is 6.08 Å². The van der Waals surface area contributed by atoms with Gasteiger partial charge >= 0.3 is 5.97 Å². The zero-order chi connectivity index (χ0) is 11.4. The van der Waals surface area contributed by atoms with Gasteiger partial charge in [-0.3, -0.25) is 0 Å². The molecule has 1 fully saturated rings. The molecule has 0 aromatic carbocycles. The van der Waals surface area contributed by atoms with E-state index in [4.69, 9.17) is 9.47 Å². The first kappa shape index (κ1) is 11.4. The molecule has 3 nitrogen and oxygen atoms in total. The second-order valence-corrected chi connectivity index (χ2v) is 4.39. The molecule has 2 rings (SSSR count). The maximum atomic E-state index is 11.7. The molecule has 3 heteroatoms. The van der Waals surface area contributed by atoms with Crippen LogP contribution in [-0.4, -0.2) is 18.7 Å². The van der Waals surface area contributed by atoms with Crippen LogP contribution in [-0.2, 0) is 14.3 Å². The predicted octanol–water partition coefficient (Wildman–Crippen LogP) is 2.72. The molecule has 1 unspecified atom stereocenters. The fraction of sp³-hybridized carbons (Fsp3) is 0.615. The Morgan fingerprint density at radius 3 is 3.06 bits per heavy atom. The molecule has 16 heavy (non-hydrogen) atoms. The molecule has 0 bridgehead atoms. The molecule has 0 aromatic rings. The van der Waals surface area contributed by atoms with Crippen molar-refractivity contribution in [3.05, 3.63) is 24.0 Å². The van der Waals surface area contributed by atoms with Gasteiger partial charge in [0.2, 0.25) is 0 Å². The van der Waals surface area contributed by atoms with Gasteiger partial charge in [0, 0.05) is 25.0 Å². The summed E-state index contributed by atoms with van der Waals surface area (Å²) < 4.78 is 10.7. The number of carbonyl (C=O) groups is 1. The normalized spacial score (nSPS) is 24.2. The third-order valence-electron chi connectivity index (χ3n) is 3.01. The van der Waals surface area contributed by atoms with E-state index in [9.17, 15) is 4.79 Å². The van der Waals surface area contributed by atoms with E-state index < -0.39 is 0 Å². The average molecular weight is 222 g/mol. The lowest BCUT2D eigenvalue weighted by Crippen LogP contribution is -2.13. The Hall–Kier alpha value is -1.09. The Morgan fingerprint density at radius 1 is 1.56 bits per heavy atom. The van der Waals surface area contributed by atoms with Crippen LogP contribution in [0.15, 0.2) is 24.0 Å². The van der Waals surface area contributed by atoms with Crippen LogP contribution in [0.4, 0.5) is 0 Å². The molecule has 0 radical (unpaired) electrons. The van der Waals surface area contributed by atoms with Gasteiger partial charge in [-0.2, -0.15) is 0 Å². The summed E-state index contributed by atoms with van der Waals surface area (Å²) in [7, 11) is 0. The van der Waals surface area contributed by atoms with Crippen LogP contribution in [0.2, 0.25) is 0 Å². The van der Waals surface area contributed by atoms with Gasteiger partial charge in [0.05, 0.1) is 6.10 Å². The lowest BCUT2D eigenvalue weighted by molar-refractivity contribution is -0.135. The zero-order valence-corrected chi connectivity index (χ0v) is 9.54. The first-order valence-corrected chi connectivity index (χ1v) is 5.96. The third-order valence-corrected chi connectivity index (χ3v) is 3.01.